The van der Waals surface area contributed by atoms with Gasteiger partial charge in [-0.1, -0.05) is 0 Å². The van der Waals surface area contributed by atoms with Crippen molar-refractivity contribution >= 4 is 11.9 Å². The maximum atomic E-state index is 11.4. The van der Waals surface area contributed by atoms with Gasteiger partial charge in [-0.2, -0.15) is 0 Å². The second kappa shape index (κ2) is 6.44. The zero-order chi connectivity index (χ0) is 12.8. The minimum absolute atomic E-state index is 0.0686. The number of amides is 1. The molecule has 0 rings (SSSR count). The first-order valence-electron chi connectivity index (χ1n) is 5.02. The summed E-state index contributed by atoms with van der Waals surface area (Å²) in [6.07, 6.45) is 0. The van der Waals surface area contributed by atoms with Crippen LogP contribution in [0.25, 0.3) is 0 Å². The van der Waals surface area contributed by atoms with Crippen LogP contribution in [0.15, 0.2) is 0 Å². The zero-order valence-corrected chi connectivity index (χ0v) is 10.2. The third-order valence-electron chi connectivity index (χ3n) is 2.26. The van der Waals surface area contributed by atoms with E-state index in [-0.39, 0.29) is 19.1 Å². The van der Waals surface area contributed by atoms with Crippen LogP contribution in [0, 0.1) is 5.41 Å². The van der Waals surface area contributed by atoms with Crippen LogP contribution >= 0.6 is 0 Å². The molecule has 6 nitrogen and oxygen atoms in total. The highest BCUT2D eigenvalue weighted by Crippen LogP contribution is 2.13. The Morgan fingerprint density at radius 3 is 2.38 bits per heavy atom. The third-order valence-corrected chi connectivity index (χ3v) is 2.26. The van der Waals surface area contributed by atoms with Crippen molar-refractivity contribution in [2.24, 2.45) is 5.41 Å². The standard InChI is InChI=1S/C10H20N2O4/c1-10(2,9(15)11-3)6-12-7(5-16-4)8(13)14/h7,12H,5-6H2,1-4H3,(H,11,15)(H,13,14). The fraction of sp³-hybridized carbons (Fsp3) is 0.800. The van der Waals surface area contributed by atoms with Gasteiger partial charge in [0.25, 0.3) is 0 Å². The van der Waals surface area contributed by atoms with Gasteiger partial charge in [-0.3, -0.25) is 9.59 Å². The summed E-state index contributed by atoms with van der Waals surface area (Å²) in [4.78, 5) is 22.2. The second-order valence-electron chi connectivity index (χ2n) is 4.19. The summed E-state index contributed by atoms with van der Waals surface area (Å²) in [5.74, 6) is -1.13. The smallest absolute Gasteiger partial charge is 0.323 e. The summed E-state index contributed by atoms with van der Waals surface area (Å²) in [5.41, 5.74) is -0.657. The van der Waals surface area contributed by atoms with Crippen LogP contribution in [0.4, 0.5) is 0 Å². The largest absolute Gasteiger partial charge is 0.480 e. The van der Waals surface area contributed by atoms with E-state index in [9.17, 15) is 9.59 Å². The van der Waals surface area contributed by atoms with E-state index in [2.05, 4.69) is 10.6 Å². The number of rotatable bonds is 7. The molecule has 3 N–H and O–H groups in total. The van der Waals surface area contributed by atoms with E-state index in [0.29, 0.717) is 0 Å². The van der Waals surface area contributed by atoms with Crippen LogP contribution in [-0.2, 0) is 14.3 Å². The average molecular weight is 232 g/mol. The summed E-state index contributed by atoms with van der Waals surface area (Å²) in [6.45, 7) is 3.82. The van der Waals surface area contributed by atoms with Crippen LogP contribution in [-0.4, -0.2) is 50.3 Å². The van der Waals surface area contributed by atoms with Gasteiger partial charge in [0, 0.05) is 20.7 Å². The second-order valence-corrected chi connectivity index (χ2v) is 4.19. The molecule has 0 fully saturated rings. The molecule has 16 heavy (non-hydrogen) atoms. The number of carbonyl (C=O) groups excluding carboxylic acids is 1. The molecule has 0 aliphatic heterocycles. The van der Waals surface area contributed by atoms with Crippen molar-refractivity contribution in [1.82, 2.24) is 10.6 Å². The number of hydrogen-bond donors (Lipinski definition) is 3. The van der Waals surface area contributed by atoms with E-state index in [4.69, 9.17) is 9.84 Å². The Balaban J connectivity index is 4.29. The lowest BCUT2D eigenvalue weighted by atomic mass is 9.92. The Hall–Kier alpha value is -1.14. The van der Waals surface area contributed by atoms with Gasteiger partial charge >= 0.3 is 5.97 Å². The molecule has 0 bridgehead atoms. The molecule has 1 atom stereocenters. The SMILES string of the molecule is CNC(=O)C(C)(C)CNC(COC)C(=O)O. The van der Waals surface area contributed by atoms with Crippen molar-refractivity contribution in [3.63, 3.8) is 0 Å². The Morgan fingerprint density at radius 2 is 2.00 bits per heavy atom. The molecule has 0 aromatic carbocycles. The van der Waals surface area contributed by atoms with Gasteiger partial charge in [-0.15, -0.1) is 0 Å². The monoisotopic (exact) mass is 232 g/mol. The Labute approximate surface area is 95.4 Å². The fourth-order valence-corrected chi connectivity index (χ4v) is 1.18. The van der Waals surface area contributed by atoms with Crippen molar-refractivity contribution in [3.8, 4) is 0 Å². The molecule has 0 radical (unpaired) electrons. The molecule has 94 valence electrons. The topological polar surface area (TPSA) is 87.7 Å². The number of hydrogen-bond acceptors (Lipinski definition) is 4. The number of nitrogens with one attached hydrogen (secondary N) is 2. The first-order chi connectivity index (χ1) is 7.35. The minimum atomic E-state index is -0.991. The van der Waals surface area contributed by atoms with Crippen LogP contribution in [0.1, 0.15) is 13.8 Å². The van der Waals surface area contributed by atoms with Gasteiger partial charge < -0.3 is 20.5 Å². The average Bonchev–Trinajstić information content (AvgIpc) is 2.22. The molecular weight excluding hydrogens is 212 g/mol. The Morgan fingerprint density at radius 1 is 1.44 bits per heavy atom. The van der Waals surface area contributed by atoms with Crippen LogP contribution in [0.2, 0.25) is 0 Å². The summed E-state index contributed by atoms with van der Waals surface area (Å²) in [5, 5.41) is 14.2. The molecule has 0 aliphatic rings. The number of carboxylic acids is 1. The molecule has 1 unspecified atom stereocenters. The fourth-order valence-electron chi connectivity index (χ4n) is 1.18. The Bertz CT molecular complexity index is 253. The van der Waals surface area contributed by atoms with Gasteiger partial charge in [-0.05, 0) is 13.8 Å². The minimum Gasteiger partial charge on any atom is -0.480 e. The highest BCUT2D eigenvalue weighted by molar-refractivity contribution is 5.82. The maximum Gasteiger partial charge on any atom is 0.323 e. The molecule has 0 spiro atoms. The van der Waals surface area contributed by atoms with E-state index < -0.39 is 17.4 Å². The lowest BCUT2D eigenvalue weighted by molar-refractivity contribution is -0.141. The van der Waals surface area contributed by atoms with E-state index in [0.717, 1.165) is 0 Å². The third kappa shape index (κ3) is 4.59. The molecule has 6 heteroatoms. The Kier molecular flexibility index (Phi) is 5.98. The van der Waals surface area contributed by atoms with Gasteiger partial charge in [-0.25, -0.2) is 0 Å². The molecule has 0 aromatic heterocycles. The molecule has 0 saturated heterocycles. The van der Waals surface area contributed by atoms with Crippen LogP contribution in [0.3, 0.4) is 0 Å². The summed E-state index contributed by atoms with van der Waals surface area (Å²) < 4.78 is 4.77. The molecule has 0 aromatic rings. The summed E-state index contributed by atoms with van der Waals surface area (Å²) in [7, 11) is 2.98. The molecule has 0 aliphatic carbocycles. The van der Waals surface area contributed by atoms with Crippen molar-refractivity contribution in [2.75, 3.05) is 27.3 Å². The van der Waals surface area contributed by atoms with E-state index in [1.807, 2.05) is 0 Å². The number of methoxy groups -OCH3 is 1. The lowest BCUT2D eigenvalue weighted by Gasteiger charge is -2.25. The number of carboxylic acid groups (broad SMARTS) is 1. The highest BCUT2D eigenvalue weighted by Gasteiger charge is 2.28. The number of aliphatic carboxylic acids is 1. The van der Waals surface area contributed by atoms with Gasteiger partial charge in [0.05, 0.1) is 12.0 Å². The van der Waals surface area contributed by atoms with Crippen LogP contribution in [0.5, 0.6) is 0 Å². The molecule has 0 heterocycles. The van der Waals surface area contributed by atoms with E-state index >= 15 is 0 Å². The summed E-state index contributed by atoms with van der Waals surface area (Å²) >= 11 is 0. The summed E-state index contributed by atoms with van der Waals surface area (Å²) in [6, 6.07) is -0.797. The first kappa shape index (κ1) is 14.9. The van der Waals surface area contributed by atoms with E-state index in [1.165, 1.54) is 7.11 Å². The normalized spacial score (nSPS) is 13.2. The number of ether oxygens (including phenoxy) is 1. The predicted molar refractivity (Wildman–Crippen MR) is 59.2 cm³/mol. The van der Waals surface area contributed by atoms with Gasteiger partial charge in [0.15, 0.2) is 0 Å². The number of carbonyl (C=O) groups is 2. The van der Waals surface area contributed by atoms with Crippen molar-refractivity contribution in [2.45, 2.75) is 19.9 Å². The van der Waals surface area contributed by atoms with Crippen molar-refractivity contribution in [3.05, 3.63) is 0 Å². The van der Waals surface area contributed by atoms with Gasteiger partial charge in [0.2, 0.25) is 5.91 Å². The lowest BCUT2D eigenvalue weighted by Crippen LogP contribution is -2.48. The van der Waals surface area contributed by atoms with E-state index in [1.54, 1.807) is 20.9 Å². The highest BCUT2D eigenvalue weighted by atomic mass is 16.5. The quantitative estimate of drug-likeness (QED) is 0.548. The molecule has 1 amide bonds. The van der Waals surface area contributed by atoms with Gasteiger partial charge in [0.1, 0.15) is 6.04 Å². The van der Waals surface area contributed by atoms with Crippen molar-refractivity contribution in [1.29, 1.82) is 0 Å². The molecular formula is C10H20N2O4. The van der Waals surface area contributed by atoms with Crippen LogP contribution < -0.4 is 10.6 Å². The zero-order valence-electron chi connectivity index (χ0n) is 10.2. The van der Waals surface area contributed by atoms with Crippen molar-refractivity contribution < 1.29 is 19.4 Å². The molecule has 0 saturated carbocycles. The first-order valence-corrected chi connectivity index (χ1v) is 5.02. The predicted octanol–water partition coefficient (Wildman–Crippen LogP) is -0.552. The maximum absolute atomic E-state index is 11.4.